The van der Waals surface area contributed by atoms with Gasteiger partial charge in [0.25, 0.3) is 0 Å². The second-order valence-corrected chi connectivity index (χ2v) is 8.10. The van der Waals surface area contributed by atoms with Gasteiger partial charge >= 0.3 is 0 Å². The Labute approximate surface area is 173 Å². The summed E-state index contributed by atoms with van der Waals surface area (Å²) in [5, 5.41) is 5.91. The number of rotatable bonds is 8. The predicted octanol–water partition coefficient (Wildman–Crippen LogP) is 5.55. The van der Waals surface area contributed by atoms with Crippen LogP contribution in [0.2, 0.25) is 0 Å². The summed E-state index contributed by atoms with van der Waals surface area (Å²) >= 11 is 3.39. The van der Waals surface area contributed by atoms with Crippen molar-refractivity contribution in [3.63, 3.8) is 0 Å². The number of thioether (sulfide) groups is 1. The molecule has 0 aliphatic rings. The third-order valence-corrected chi connectivity index (χ3v) is 5.34. The van der Waals surface area contributed by atoms with Gasteiger partial charge in [0.05, 0.1) is 10.7 Å². The lowest BCUT2D eigenvalue weighted by Gasteiger charge is -2.05. The molecule has 6 heteroatoms. The van der Waals surface area contributed by atoms with Crippen molar-refractivity contribution in [3.8, 4) is 5.75 Å². The average Bonchev–Trinajstić information content (AvgIpc) is 3.12. The zero-order valence-electron chi connectivity index (χ0n) is 15.8. The molecule has 1 N–H and O–H groups in total. The molecule has 0 spiro atoms. The number of carbonyl (C=O) groups is 1. The summed E-state index contributed by atoms with van der Waals surface area (Å²) in [4.78, 5) is 16.5. The van der Waals surface area contributed by atoms with Crippen molar-refractivity contribution in [1.29, 1.82) is 0 Å². The molecule has 0 atom stereocenters. The maximum Gasteiger partial charge on any atom is 0.248 e. The minimum atomic E-state index is -0.156. The number of aryl methyl sites for hydroxylation is 1. The van der Waals surface area contributed by atoms with E-state index in [2.05, 4.69) is 16.6 Å². The lowest BCUT2D eigenvalue weighted by molar-refractivity contribution is -0.111. The highest BCUT2D eigenvalue weighted by Gasteiger charge is 2.01. The maximum atomic E-state index is 12.1. The van der Waals surface area contributed by atoms with Crippen molar-refractivity contribution in [3.05, 3.63) is 81.8 Å². The lowest BCUT2D eigenvalue weighted by atomic mass is 10.2. The van der Waals surface area contributed by atoms with E-state index in [1.165, 1.54) is 11.6 Å². The first-order chi connectivity index (χ1) is 13.6. The molecule has 0 bridgehead atoms. The van der Waals surface area contributed by atoms with Gasteiger partial charge in [0.15, 0.2) is 0 Å². The highest BCUT2D eigenvalue weighted by atomic mass is 32.2. The molecule has 144 valence electrons. The van der Waals surface area contributed by atoms with Crippen molar-refractivity contribution in [2.75, 3.05) is 11.6 Å². The van der Waals surface area contributed by atoms with Crippen molar-refractivity contribution in [2.24, 2.45) is 0 Å². The van der Waals surface area contributed by atoms with E-state index in [0.717, 1.165) is 33.5 Å². The third-order valence-electron chi connectivity index (χ3n) is 3.89. The minimum absolute atomic E-state index is 0.156. The van der Waals surface area contributed by atoms with E-state index >= 15 is 0 Å². The van der Waals surface area contributed by atoms with E-state index in [4.69, 9.17) is 4.74 Å². The van der Waals surface area contributed by atoms with Crippen LogP contribution in [0, 0.1) is 6.92 Å². The van der Waals surface area contributed by atoms with Gasteiger partial charge in [0.1, 0.15) is 12.4 Å². The Balaban J connectivity index is 1.49. The Morgan fingerprint density at radius 3 is 2.57 bits per heavy atom. The van der Waals surface area contributed by atoms with Crippen molar-refractivity contribution >= 4 is 40.8 Å². The van der Waals surface area contributed by atoms with Crippen molar-refractivity contribution in [1.82, 2.24) is 4.98 Å². The molecule has 1 heterocycles. The Kier molecular flexibility index (Phi) is 7.28. The van der Waals surface area contributed by atoms with Crippen LogP contribution in [0.5, 0.6) is 5.75 Å². The first-order valence-corrected chi connectivity index (χ1v) is 11.1. The topological polar surface area (TPSA) is 51.2 Å². The van der Waals surface area contributed by atoms with Crippen LogP contribution in [0.3, 0.4) is 0 Å². The molecule has 0 fully saturated rings. The van der Waals surface area contributed by atoms with E-state index < -0.39 is 0 Å². The molecular formula is C22H22N2O2S2. The standard InChI is InChI=1S/C22H22N2O2S2/c1-16-23-20(15-28-16)13-26-21-10-5-17(6-11-21)7-12-22(25)24-19-8-3-18(4-9-19)14-27-2/h3-12,15H,13-14H2,1-2H3,(H,24,25). The highest BCUT2D eigenvalue weighted by Crippen LogP contribution is 2.17. The summed E-state index contributed by atoms with van der Waals surface area (Å²) in [6.07, 6.45) is 5.38. The highest BCUT2D eigenvalue weighted by molar-refractivity contribution is 7.97. The van der Waals surface area contributed by atoms with Gasteiger partial charge in [-0.3, -0.25) is 4.79 Å². The number of benzene rings is 2. The van der Waals surface area contributed by atoms with Gasteiger partial charge < -0.3 is 10.1 Å². The van der Waals surface area contributed by atoms with Gasteiger partial charge in [-0.05, 0) is 54.6 Å². The largest absolute Gasteiger partial charge is 0.487 e. The first-order valence-electron chi connectivity index (χ1n) is 8.83. The van der Waals surface area contributed by atoms with Crippen LogP contribution in [0.1, 0.15) is 21.8 Å². The van der Waals surface area contributed by atoms with Crippen LogP contribution >= 0.6 is 23.1 Å². The van der Waals surface area contributed by atoms with E-state index in [-0.39, 0.29) is 5.91 Å². The molecule has 0 aliphatic heterocycles. The summed E-state index contributed by atoms with van der Waals surface area (Å²) < 4.78 is 5.73. The molecule has 0 unspecified atom stereocenters. The van der Waals surface area contributed by atoms with Crippen LogP contribution in [-0.2, 0) is 17.2 Å². The Morgan fingerprint density at radius 2 is 1.93 bits per heavy atom. The molecule has 0 radical (unpaired) electrons. The molecule has 1 amide bonds. The van der Waals surface area contributed by atoms with Gasteiger partial charge in [-0.2, -0.15) is 11.8 Å². The lowest BCUT2D eigenvalue weighted by Crippen LogP contribution is -2.07. The van der Waals surface area contributed by atoms with Gasteiger partial charge in [0.2, 0.25) is 5.91 Å². The van der Waals surface area contributed by atoms with Crippen LogP contribution in [0.25, 0.3) is 6.08 Å². The van der Waals surface area contributed by atoms with Crippen molar-refractivity contribution in [2.45, 2.75) is 19.3 Å². The van der Waals surface area contributed by atoms with Gasteiger partial charge in [-0.15, -0.1) is 11.3 Å². The monoisotopic (exact) mass is 410 g/mol. The normalized spacial score (nSPS) is 10.9. The zero-order chi connectivity index (χ0) is 19.8. The van der Waals surface area contributed by atoms with E-state index in [0.29, 0.717) is 6.61 Å². The van der Waals surface area contributed by atoms with Crippen LogP contribution in [0.15, 0.2) is 60.0 Å². The number of aromatic nitrogens is 1. The van der Waals surface area contributed by atoms with Gasteiger partial charge in [-0.25, -0.2) is 4.98 Å². The minimum Gasteiger partial charge on any atom is -0.487 e. The quantitative estimate of drug-likeness (QED) is 0.495. The molecule has 3 aromatic rings. The number of amides is 1. The summed E-state index contributed by atoms with van der Waals surface area (Å²) in [6, 6.07) is 15.5. The number of carbonyl (C=O) groups excluding carboxylic acids is 1. The number of nitrogens with zero attached hydrogens (tertiary/aromatic N) is 1. The second-order valence-electron chi connectivity index (χ2n) is 6.17. The number of nitrogens with one attached hydrogen (secondary N) is 1. The summed E-state index contributed by atoms with van der Waals surface area (Å²) in [7, 11) is 0. The van der Waals surface area contributed by atoms with Gasteiger partial charge in [-0.1, -0.05) is 24.3 Å². The van der Waals surface area contributed by atoms with Crippen LogP contribution < -0.4 is 10.1 Å². The van der Waals surface area contributed by atoms with E-state index in [9.17, 15) is 4.79 Å². The Hall–Kier alpha value is -2.57. The van der Waals surface area contributed by atoms with Crippen LogP contribution in [-0.4, -0.2) is 17.1 Å². The number of anilines is 1. The second kappa shape index (κ2) is 10.1. The summed E-state index contributed by atoms with van der Waals surface area (Å²) in [5.74, 6) is 1.59. The third kappa shape index (κ3) is 6.25. The predicted molar refractivity (Wildman–Crippen MR) is 119 cm³/mol. The summed E-state index contributed by atoms with van der Waals surface area (Å²) in [6.45, 7) is 2.43. The van der Waals surface area contributed by atoms with Crippen LogP contribution in [0.4, 0.5) is 5.69 Å². The summed E-state index contributed by atoms with van der Waals surface area (Å²) in [5.41, 5.74) is 3.90. The molecule has 28 heavy (non-hydrogen) atoms. The number of ether oxygens (including phenoxy) is 1. The number of thiazole rings is 1. The first kappa shape index (κ1) is 20.2. The maximum absolute atomic E-state index is 12.1. The fourth-order valence-corrected chi connectivity index (χ4v) is 3.64. The van der Waals surface area contributed by atoms with E-state index in [1.807, 2.05) is 60.8 Å². The fourth-order valence-electron chi connectivity index (χ4n) is 2.51. The fraction of sp³-hybridized carbons (Fsp3) is 0.182. The average molecular weight is 411 g/mol. The molecule has 1 aromatic heterocycles. The molecule has 4 nitrogen and oxygen atoms in total. The van der Waals surface area contributed by atoms with Gasteiger partial charge in [0, 0.05) is 22.9 Å². The SMILES string of the molecule is CSCc1ccc(NC(=O)C=Cc2ccc(OCc3csc(C)n3)cc2)cc1. The Bertz CT molecular complexity index is 932. The number of hydrogen-bond donors (Lipinski definition) is 1. The molecular weight excluding hydrogens is 388 g/mol. The molecule has 0 saturated heterocycles. The molecule has 2 aromatic carbocycles. The molecule has 0 saturated carbocycles. The molecule has 3 rings (SSSR count). The number of hydrogen-bond acceptors (Lipinski definition) is 5. The molecule has 0 aliphatic carbocycles. The van der Waals surface area contributed by atoms with E-state index in [1.54, 1.807) is 29.2 Å². The smallest absolute Gasteiger partial charge is 0.248 e. The Morgan fingerprint density at radius 1 is 1.18 bits per heavy atom. The van der Waals surface area contributed by atoms with Crippen molar-refractivity contribution < 1.29 is 9.53 Å². The zero-order valence-corrected chi connectivity index (χ0v) is 17.5.